The Kier molecular flexibility index (Phi) is 2.21. The predicted molar refractivity (Wildman–Crippen MR) is 31.3 cm³/mol. The van der Waals surface area contributed by atoms with Crippen molar-refractivity contribution in [2.75, 3.05) is 0 Å². The van der Waals surface area contributed by atoms with Crippen LogP contribution >= 0.6 is 7.96 Å². The maximum atomic E-state index is 11.4. The molecule has 0 bridgehead atoms. The zero-order valence-corrected chi connectivity index (χ0v) is 6.65. The largest absolute Gasteiger partial charge is 0.481 e. The summed E-state index contributed by atoms with van der Waals surface area (Å²) in [6.45, 7) is 0. The van der Waals surface area contributed by atoms with Crippen molar-refractivity contribution in [3.63, 3.8) is 0 Å². The third-order valence-electron chi connectivity index (χ3n) is 0.471. The van der Waals surface area contributed by atoms with Gasteiger partial charge in [0.05, 0.1) is 1.28 Å². The zero-order valence-electron chi connectivity index (χ0n) is 5.12. The highest BCUT2D eigenvalue weighted by Gasteiger charge is 2.40. The third-order valence-corrected chi connectivity index (χ3v) is 4.87. The van der Waals surface area contributed by atoms with Crippen molar-refractivity contribution in [1.82, 2.24) is 0 Å². The molecule has 0 saturated carbocycles. The van der Waals surface area contributed by atoms with E-state index >= 15 is 0 Å². The summed E-state index contributed by atoms with van der Waals surface area (Å²) in [7, 11) is -9.95. The van der Waals surface area contributed by atoms with E-state index in [0.29, 0.717) is 0 Å². The fraction of sp³-hybridized carbons (Fsp3) is 1.00. The lowest BCUT2D eigenvalue weighted by Crippen LogP contribution is -2.22. The van der Waals surface area contributed by atoms with Crippen LogP contribution in [0.5, 0.6) is 0 Å². The summed E-state index contributed by atoms with van der Waals surface area (Å²) in [6.07, 6.45) is 0. The fourth-order valence-corrected chi connectivity index (χ4v) is 1.49. The van der Waals surface area contributed by atoms with Gasteiger partial charge in [-0.25, -0.2) is 16.4 Å². The van der Waals surface area contributed by atoms with Crippen LogP contribution in [-0.4, -0.2) is 15.2 Å². The second-order valence-electron chi connectivity index (χ2n) is 1.12. The minimum atomic E-state index is -5.65. The Morgan fingerprint density at radius 1 is 1.50 bits per heavy atom. The zero-order chi connectivity index (χ0) is 9.28. The molecule has 0 fully saturated rings. The molecule has 0 aliphatic heterocycles. The van der Waals surface area contributed by atoms with E-state index in [1.54, 1.807) is 0 Å². The molecule has 0 aliphatic carbocycles. The molecule has 0 amide bonds. The van der Waals surface area contributed by atoms with Gasteiger partial charge in [-0.2, -0.15) is 13.2 Å². The molecule has 62 valence electrons. The molecule has 0 heterocycles. The first-order valence-electron chi connectivity index (χ1n) is 2.07. The number of halogens is 3. The normalized spacial score (nSPS) is 18.5. The number of hydrogen-bond donors (Lipinski definition) is 0. The molecule has 9 heteroatoms. The molecule has 0 aromatic heterocycles. The molecule has 3 nitrogen and oxygen atoms in total. The van der Waals surface area contributed by atoms with Gasteiger partial charge in [-0.3, -0.25) is 0 Å². The Morgan fingerprint density at radius 2 is 1.90 bits per heavy atom. The Bertz CT molecular complexity index is 310. The highest BCUT2D eigenvalue weighted by atomic mass is 33.2. The smallest absolute Gasteiger partial charge is 0.443 e. The van der Waals surface area contributed by atoms with Crippen LogP contribution in [0.2, 0.25) is 0 Å². The Morgan fingerprint density at radius 3 is 2.00 bits per heavy atom. The fourth-order valence-electron chi connectivity index (χ4n) is 0.0808. The van der Waals surface area contributed by atoms with Crippen LogP contribution in [0.15, 0.2) is 0 Å². The van der Waals surface area contributed by atoms with Crippen LogP contribution in [0.3, 0.4) is 0 Å². The maximum Gasteiger partial charge on any atom is 0.481 e. The molecular weight excluding hydrogens is 212 g/mol. The van der Waals surface area contributed by atoms with Crippen molar-refractivity contribution in [1.29, 1.82) is 1.28 Å². The number of alkyl halides is 3. The van der Waals surface area contributed by atoms with E-state index in [1.165, 1.54) is 0 Å². The van der Waals surface area contributed by atoms with Gasteiger partial charge >= 0.3 is 5.51 Å². The molecule has 0 aromatic rings. The van der Waals surface area contributed by atoms with Crippen molar-refractivity contribution in [2.24, 2.45) is 0 Å². The summed E-state index contributed by atoms with van der Waals surface area (Å²) in [5.74, 6) is 0. The van der Waals surface area contributed by atoms with E-state index in [1.807, 2.05) is 0 Å². The van der Waals surface area contributed by atoms with Gasteiger partial charge < -0.3 is 4.21 Å². The first-order valence-corrected chi connectivity index (χ1v) is 5.82. The molecule has 10 heavy (non-hydrogen) atoms. The van der Waals surface area contributed by atoms with Crippen LogP contribution in [0.4, 0.5) is 13.2 Å². The van der Waals surface area contributed by atoms with Gasteiger partial charge in [0.25, 0.3) is 0 Å². The average molecular weight is 215 g/mol. The van der Waals surface area contributed by atoms with Gasteiger partial charge in [-0.1, -0.05) is 0 Å². The van der Waals surface area contributed by atoms with Gasteiger partial charge in [0.15, 0.2) is 0 Å². The van der Waals surface area contributed by atoms with Gasteiger partial charge in [0, 0.05) is 0 Å². The summed E-state index contributed by atoms with van der Waals surface area (Å²) >= 11 is 0. The van der Waals surface area contributed by atoms with Gasteiger partial charge in [-0.05, 0) is 0 Å². The van der Waals surface area contributed by atoms with E-state index < -0.39 is 31.3 Å². The quantitative estimate of drug-likeness (QED) is 0.370. The summed E-state index contributed by atoms with van der Waals surface area (Å²) in [5, 5.41) is 0. The number of hydrogen-bond acceptors (Lipinski definition) is 4. The standard InChI is InChI=1S/CHF3O3PS2/c2-1(3,4)10(6,7)9(5)8/h8H/q-1/i8T. The summed E-state index contributed by atoms with van der Waals surface area (Å²) in [4.78, 5) is 0. The van der Waals surface area contributed by atoms with E-state index in [2.05, 4.69) is 0 Å². The molecular formula is CHF3O3PS2-. The highest BCUT2D eigenvalue weighted by Crippen LogP contribution is 2.24. The Hall–Kier alpha value is 0.190. The molecule has 0 radical (unpaired) electrons. The summed E-state index contributed by atoms with van der Waals surface area (Å²) in [5.41, 5.74) is -5.54. The van der Waals surface area contributed by atoms with Gasteiger partial charge in [0.2, 0.25) is 8.87 Å². The van der Waals surface area contributed by atoms with E-state index in [9.17, 15) is 25.8 Å². The van der Waals surface area contributed by atoms with Crippen molar-refractivity contribution in [3.8, 4) is 0 Å². The molecule has 0 saturated heterocycles. The minimum Gasteiger partial charge on any atom is -0.443 e. The number of rotatable bonds is 1. The first-order chi connectivity index (χ1) is 4.73. The molecule has 0 aliphatic rings. The van der Waals surface area contributed by atoms with Gasteiger partial charge in [0.1, 0.15) is 0 Å². The maximum absolute atomic E-state index is 11.4. The van der Waals surface area contributed by atoms with Crippen LogP contribution in [-0.2, 0) is 22.1 Å². The first kappa shape index (κ1) is 8.29. The minimum absolute atomic E-state index is 1.08. The van der Waals surface area contributed by atoms with Gasteiger partial charge in [-0.15, -0.1) is 9.01 Å². The average Bonchev–Trinajstić information content (AvgIpc) is 1.83. The lowest BCUT2D eigenvalue weighted by molar-refractivity contribution is -0.0411. The van der Waals surface area contributed by atoms with Crippen molar-refractivity contribution < 1.29 is 25.8 Å². The van der Waals surface area contributed by atoms with Crippen molar-refractivity contribution >= 4 is 25.8 Å². The topological polar surface area (TPSA) is 51.2 Å². The molecule has 0 spiro atoms. The monoisotopic (exact) mass is 215 g/mol. The van der Waals surface area contributed by atoms with E-state index in [-0.39, 0.29) is 0 Å². The second-order valence-corrected chi connectivity index (χ2v) is 6.88. The highest BCUT2D eigenvalue weighted by molar-refractivity contribution is 8.69. The van der Waals surface area contributed by atoms with Crippen LogP contribution in [0, 0.1) is 0 Å². The SMILES string of the molecule is [3H]P=[S-](=O)S(=O)(=O)C(F)(F)F. The molecule has 0 atom stereocenters. The van der Waals surface area contributed by atoms with Crippen LogP contribution in [0.1, 0.15) is 0 Å². The molecule has 0 rings (SSSR count). The Labute approximate surface area is 59.1 Å². The van der Waals surface area contributed by atoms with E-state index in [0.717, 1.165) is 0 Å². The lowest BCUT2D eigenvalue weighted by Gasteiger charge is -2.07. The molecule has 0 aromatic carbocycles. The second kappa shape index (κ2) is 2.67. The summed E-state index contributed by atoms with van der Waals surface area (Å²) < 4.78 is 70.5. The Balaban J connectivity index is 5.28. The van der Waals surface area contributed by atoms with E-state index in [4.69, 9.17) is 1.28 Å². The molecule has 0 unspecified atom stereocenters. The molecule has 0 N–H and O–H groups in total. The van der Waals surface area contributed by atoms with Crippen molar-refractivity contribution in [2.45, 2.75) is 5.51 Å². The van der Waals surface area contributed by atoms with Crippen LogP contribution < -0.4 is 0 Å². The third kappa shape index (κ3) is 1.83. The van der Waals surface area contributed by atoms with Crippen molar-refractivity contribution in [3.05, 3.63) is 0 Å². The summed E-state index contributed by atoms with van der Waals surface area (Å²) in [6, 6.07) is 0. The van der Waals surface area contributed by atoms with Crippen LogP contribution in [0.25, 0.3) is 0 Å². The lowest BCUT2D eigenvalue weighted by atomic mass is 11.6. The predicted octanol–water partition coefficient (Wildman–Crippen LogP) is 0.858.